The number of aromatic nitrogens is 1. The molecule has 0 atom stereocenters. The largest absolute Gasteiger partial charge is 0.461 e. The Balaban J connectivity index is 2.06. The number of thiazole rings is 1. The van der Waals surface area contributed by atoms with Crippen molar-refractivity contribution in [3.8, 4) is 0 Å². The highest BCUT2D eigenvalue weighted by Crippen LogP contribution is 2.17. The molecule has 0 aliphatic rings. The lowest BCUT2D eigenvalue weighted by molar-refractivity contribution is 0.0526. The average molecular weight is 247 g/mol. The minimum Gasteiger partial charge on any atom is -0.461 e. The van der Waals surface area contributed by atoms with Gasteiger partial charge in [0.15, 0.2) is 0 Å². The van der Waals surface area contributed by atoms with Gasteiger partial charge in [0.05, 0.1) is 6.61 Å². The first-order chi connectivity index (χ1) is 8.29. The molecule has 3 nitrogen and oxygen atoms in total. The Morgan fingerprint density at radius 1 is 1.35 bits per heavy atom. The minimum atomic E-state index is -0.336. The number of ether oxygens (including phenoxy) is 1. The third kappa shape index (κ3) is 3.14. The molecule has 0 amide bonds. The zero-order chi connectivity index (χ0) is 12.1. The van der Waals surface area contributed by atoms with E-state index in [4.69, 9.17) is 4.74 Å². The second kappa shape index (κ2) is 5.59. The fourth-order valence-corrected chi connectivity index (χ4v) is 2.31. The molecule has 0 spiro atoms. The Hall–Kier alpha value is -1.68. The molecule has 1 heterocycles. The molecule has 1 aromatic carbocycles. The second-order valence-electron chi connectivity index (χ2n) is 3.51. The molecule has 0 unspecified atom stereocenters. The van der Waals surface area contributed by atoms with Crippen LogP contribution in [0.4, 0.5) is 0 Å². The summed E-state index contributed by atoms with van der Waals surface area (Å²) in [7, 11) is 0. The summed E-state index contributed by atoms with van der Waals surface area (Å²) in [5, 5.41) is 0.429. The molecular formula is C13H13NO2S. The molecule has 0 aliphatic carbocycles. The number of carbonyl (C=O) groups excluding carboxylic acids is 1. The molecule has 4 heteroatoms. The van der Waals surface area contributed by atoms with Crippen molar-refractivity contribution in [1.82, 2.24) is 4.98 Å². The number of hydrogen-bond donors (Lipinski definition) is 0. The summed E-state index contributed by atoms with van der Waals surface area (Å²) in [6, 6.07) is 10.1. The van der Waals surface area contributed by atoms with Crippen LogP contribution in [0.5, 0.6) is 0 Å². The molecule has 88 valence electrons. The van der Waals surface area contributed by atoms with Gasteiger partial charge in [0, 0.05) is 17.5 Å². The van der Waals surface area contributed by atoms with E-state index in [9.17, 15) is 4.79 Å². The molecular weight excluding hydrogens is 234 g/mol. The van der Waals surface area contributed by atoms with Crippen LogP contribution in [0.25, 0.3) is 0 Å². The van der Waals surface area contributed by atoms with Crippen LogP contribution in [-0.2, 0) is 11.2 Å². The maximum atomic E-state index is 11.4. The van der Waals surface area contributed by atoms with Crippen LogP contribution in [0, 0.1) is 0 Å². The number of benzene rings is 1. The lowest BCUT2D eigenvalue weighted by atomic mass is 10.1. The van der Waals surface area contributed by atoms with Crippen LogP contribution in [0.3, 0.4) is 0 Å². The van der Waals surface area contributed by atoms with E-state index >= 15 is 0 Å². The fourth-order valence-electron chi connectivity index (χ4n) is 1.47. The van der Waals surface area contributed by atoms with Crippen molar-refractivity contribution in [3.63, 3.8) is 0 Å². The van der Waals surface area contributed by atoms with Crippen LogP contribution in [0.2, 0.25) is 0 Å². The van der Waals surface area contributed by atoms with Gasteiger partial charge in [-0.15, -0.1) is 11.3 Å². The predicted octanol–water partition coefficient (Wildman–Crippen LogP) is 2.91. The Bertz CT molecular complexity index is 493. The Morgan fingerprint density at radius 3 is 2.82 bits per heavy atom. The van der Waals surface area contributed by atoms with E-state index in [1.54, 1.807) is 13.1 Å². The molecule has 2 aromatic rings. The van der Waals surface area contributed by atoms with E-state index < -0.39 is 0 Å². The lowest BCUT2D eigenvalue weighted by Gasteiger charge is -1.97. The van der Waals surface area contributed by atoms with Crippen molar-refractivity contribution in [1.29, 1.82) is 0 Å². The average Bonchev–Trinajstić information content (AvgIpc) is 2.79. The fraction of sp³-hybridized carbons (Fsp3) is 0.231. The third-order valence-corrected chi connectivity index (χ3v) is 3.20. The van der Waals surface area contributed by atoms with E-state index in [0.29, 0.717) is 11.6 Å². The van der Waals surface area contributed by atoms with Crippen molar-refractivity contribution in [2.45, 2.75) is 13.3 Å². The molecule has 0 N–H and O–H groups in total. The van der Waals surface area contributed by atoms with E-state index in [1.807, 2.05) is 18.2 Å². The highest BCUT2D eigenvalue weighted by molar-refractivity contribution is 7.13. The third-order valence-electron chi connectivity index (χ3n) is 2.22. The maximum Gasteiger partial charge on any atom is 0.367 e. The molecule has 17 heavy (non-hydrogen) atoms. The quantitative estimate of drug-likeness (QED) is 0.780. The zero-order valence-corrected chi connectivity index (χ0v) is 10.4. The number of rotatable bonds is 4. The van der Waals surface area contributed by atoms with E-state index in [0.717, 1.165) is 11.3 Å². The van der Waals surface area contributed by atoms with Gasteiger partial charge in [-0.2, -0.15) is 0 Å². The van der Waals surface area contributed by atoms with Crippen molar-refractivity contribution in [2.75, 3.05) is 6.61 Å². The van der Waals surface area contributed by atoms with E-state index in [1.165, 1.54) is 16.9 Å². The van der Waals surface area contributed by atoms with E-state index in [2.05, 4.69) is 17.1 Å². The summed E-state index contributed by atoms with van der Waals surface area (Å²) < 4.78 is 4.90. The molecule has 0 saturated heterocycles. The first-order valence-electron chi connectivity index (χ1n) is 5.45. The SMILES string of the molecule is CCOC(=O)c1ncc(Cc2ccccc2)s1. The molecule has 0 aliphatic heterocycles. The van der Waals surface area contributed by atoms with Gasteiger partial charge in [0.1, 0.15) is 0 Å². The predicted molar refractivity (Wildman–Crippen MR) is 67.3 cm³/mol. The monoisotopic (exact) mass is 247 g/mol. The van der Waals surface area contributed by atoms with Crippen LogP contribution in [-0.4, -0.2) is 17.6 Å². The van der Waals surface area contributed by atoms with Crippen molar-refractivity contribution < 1.29 is 9.53 Å². The molecule has 0 bridgehead atoms. The molecule has 0 saturated carbocycles. The first kappa shape index (κ1) is 11.8. The minimum absolute atomic E-state index is 0.336. The summed E-state index contributed by atoms with van der Waals surface area (Å²) in [6.45, 7) is 2.17. The smallest absolute Gasteiger partial charge is 0.367 e. The highest BCUT2D eigenvalue weighted by Gasteiger charge is 2.11. The standard InChI is InChI=1S/C13H13NO2S/c1-2-16-13(15)12-14-9-11(17-12)8-10-6-4-3-5-7-10/h3-7,9H,2,8H2,1H3. The van der Waals surface area contributed by atoms with E-state index in [-0.39, 0.29) is 5.97 Å². The van der Waals surface area contributed by atoms with Gasteiger partial charge >= 0.3 is 5.97 Å². The van der Waals surface area contributed by atoms with Crippen molar-refractivity contribution >= 4 is 17.3 Å². The van der Waals surface area contributed by atoms with Gasteiger partial charge in [-0.05, 0) is 12.5 Å². The highest BCUT2D eigenvalue weighted by atomic mass is 32.1. The maximum absolute atomic E-state index is 11.4. The molecule has 0 fully saturated rings. The summed E-state index contributed by atoms with van der Waals surface area (Å²) in [4.78, 5) is 16.6. The Labute approximate surface area is 104 Å². The Kier molecular flexibility index (Phi) is 3.88. The normalized spacial score (nSPS) is 10.2. The van der Waals surface area contributed by atoms with Gasteiger partial charge in [0.25, 0.3) is 0 Å². The Morgan fingerprint density at radius 2 is 2.12 bits per heavy atom. The molecule has 2 rings (SSSR count). The van der Waals surface area contributed by atoms with Crippen LogP contribution < -0.4 is 0 Å². The first-order valence-corrected chi connectivity index (χ1v) is 6.27. The van der Waals surface area contributed by atoms with Gasteiger partial charge < -0.3 is 4.74 Å². The topological polar surface area (TPSA) is 39.2 Å². The lowest BCUT2D eigenvalue weighted by Crippen LogP contribution is -2.03. The van der Waals surface area contributed by atoms with Gasteiger partial charge in [-0.3, -0.25) is 0 Å². The second-order valence-corrected chi connectivity index (χ2v) is 4.63. The van der Waals surface area contributed by atoms with Gasteiger partial charge in [-0.1, -0.05) is 30.3 Å². The number of esters is 1. The van der Waals surface area contributed by atoms with Crippen LogP contribution in [0.1, 0.15) is 27.2 Å². The number of hydrogen-bond acceptors (Lipinski definition) is 4. The number of nitrogens with zero attached hydrogens (tertiary/aromatic N) is 1. The van der Waals surface area contributed by atoms with Gasteiger partial charge in [-0.25, -0.2) is 9.78 Å². The van der Waals surface area contributed by atoms with Crippen LogP contribution >= 0.6 is 11.3 Å². The summed E-state index contributed by atoms with van der Waals surface area (Å²) in [6.07, 6.45) is 2.54. The van der Waals surface area contributed by atoms with Crippen molar-refractivity contribution in [3.05, 3.63) is 52.0 Å². The van der Waals surface area contributed by atoms with Gasteiger partial charge in [0.2, 0.25) is 5.01 Å². The molecule has 0 radical (unpaired) electrons. The van der Waals surface area contributed by atoms with Crippen LogP contribution in [0.15, 0.2) is 36.5 Å². The molecule has 1 aromatic heterocycles. The summed E-state index contributed by atoms with van der Waals surface area (Å²) in [5.74, 6) is -0.336. The number of carbonyl (C=O) groups is 1. The summed E-state index contributed by atoms with van der Waals surface area (Å²) in [5.41, 5.74) is 1.21. The summed E-state index contributed by atoms with van der Waals surface area (Å²) >= 11 is 1.39. The zero-order valence-electron chi connectivity index (χ0n) is 9.55. The van der Waals surface area contributed by atoms with Crippen molar-refractivity contribution in [2.24, 2.45) is 0 Å².